The van der Waals surface area contributed by atoms with Gasteiger partial charge in [-0.25, -0.2) is 0 Å². The Balaban J connectivity index is 0. The number of rotatable bonds is 4. The molecule has 1 aromatic carbocycles. The van der Waals surface area contributed by atoms with Crippen molar-refractivity contribution in [1.29, 1.82) is 0 Å². The van der Waals surface area contributed by atoms with Crippen molar-refractivity contribution < 1.29 is 57.7 Å². The SMILES string of the molecule is CC[Si](CC)(c1cc(C)cc(C)c1)[C]1([Ti+3])C(C)=C(C)C(C)=C1C.[Cl-].[Cl-].[Cl-]. The maximum atomic E-state index is 2.55. The molecule has 0 fully saturated rings. The number of allylic oxidation sites excluding steroid dienone is 4. The summed E-state index contributed by atoms with van der Waals surface area (Å²) in [4.78, 5) is 0. The van der Waals surface area contributed by atoms with Crippen LogP contribution in [-0.4, -0.2) is 8.07 Å². The third kappa shape index (κ3) is 4.09. The van der Waals surface area contributed by atoms with Gasteiger partial charge in [-0.3, -0.25) is 0 Å². The van der Waals surface area contributed by atoms with Crippen LogP contribution in [0.15, 0.2) is 40.5 Å². The van der Waals surface area contributed by atoms with Gasteiger partial charge in [-0.15, -0.1) is 0 Å². The minimum Gasteiger partial charge on any atom is -1.00 e. The fraction of sp³-hybridized carbons (Fsp3) is 0.524. The average molecular weight is 466 g/mol. The Bertz CT molecular complexity index is 659. The number of hydrogen-bond acceptors (Lipinski definition) is 0. The molecule has 2 rings (SSSR count). The normalized spacial score (nSPS) is 16.1. The summed E-state index contributed by atoms with van der Waals surface area (Å²) in [6.07, 6.45) is 0. The van der Waals surface area contributed by atoms with Crippen molar-refractivity contribution in [2.24, 2.45) is 0 Å². The van der Waals surface area contributed by atoms with Crippen LogP contribution in [0.3, 0.4) is 0 Å². The summed E-state index contributed by atoms with van der Waals surface area (Å²) in [6.45, 7) is 18.8. The van der Waals surface area contributed by atoms with Crippen molar-refractivity contribution in [3.8, 4) is 0 Å². The predicted molar refractivity (Wildman–Crippen MR) is 102 cm³/mol. The maximum Gasteiger partial charge on any atom is -1.00 e. The van der Waals surface area contributed by atoms with Crippen LogP contribution in [0.5, 0.6) is 0 Å². The van der Waals surface area contributed by atoms with Crippen LogP contribution >= 0.6 is 0 Å². The summed E-state index contributed by atoms with van der Waals surface area (Å²) in [5, 5.41) is 1.66. The molecule has 1 aromatic rings. The molecule has 0 nitrogen and oxygen atoms in total. The van der Waals surface area contributed by atoms with E-state index in [1.807, 2.05) is 0 Å². The molecule has 144 valence electrons. The zero-order valence-electron chi connectivity index (χ0n) is 17.3. The van der Waals surface area contributed by atoms with Crippen LogP contribution < -0.4 is 42.4 Å². The molecule has 0 spiro atoms. The van der Waals surface area contributed by atoms with Gasteiger partial charge in [0, 0.05) is 0 Å². The Labute approximate surface area is 192 Å². The second-order valence-electron chi connectivity index (χ2n) is 7.42. The Hall–Kier alpha value is 0.501. The monoisotopic (exact) mass is 464 g/mol. The van der Waals surface area contributed by atoms with Crippen molar-refractivity contribution in [3.63, 3.8) is 0 Å². The largest absolute Gasteiger partial charge is 1.00 e. The van der Waals surface area contributed by atoms with Crippen LogP contribution in [0.4, 0.5) is 0 Å². The van der Waals surface area contributed by atoms with E-state index in [0.29, 0.717) is 0 Å². The van der Waals surface area contributed by atoms with Gasteiger partial charge in [0.2, 0.25) is 0 Å². The first-order chi connectivity index (χ1) is 10.7. The van der Waals surface area contributed by atoms with E-state index < -0.39 is 8.07 Å². The zero-order valence-corrected chi connectivity index (χ0v) is 22.1. The number of hydrogen-bond donors (Lipinski definition) is 0. The van der Waals surface area contributed by atoms with Gasteiger partial charge in [-0.05, 0) is 0 Å². The molecule has 1 aliphatic carbocycles. The summed E-state index contributed by atoms with van der Waals surface area (Å²) in [7, 11) is -1.70. The molecule has 0 saturated heterocycles. The minimum atomic E-state index is -1.70. The van der Waals surface area contributed by atoms with Gasteiger partial charge < -0.3 is 37.2 Å². The first kappa shape index (κ1) is 28.7. The second-order valence-corrected chi connectivity index (χ2v) is 14.3. The van der Waals surface area contributed by atoms with Crippen molar-refractivity contribution in [1.82, 2.24) is 0 Å². The van der Waals surface area contributed by atoms with Crippen LogP contribution in [0.25, 0.3) is 0 Å². The van der Waals surface area contributed by atoms with Gasteiger partial charge in [0.1, 0.15) is 0 Å². The molecule has 0 radical (unpaired) electrons. The molecule has 0 amide bonds. The van der Waals surface area contributed by atoms with E-state index in [0.717, 1.165) is 0 Å². The third-order valence-electron chi connectivity index (χ3n) is 6.51. The van der Waals surface area contributed by atoms with Crippen molar-refractivity contribution in [3.05, 3.63) is 51.6 Å². The topological polar surface area (TPSA) is 0 Å². The van der Waals surface area contributed by atoms with Crippen LogP contribution in [0.2, 0.25) is 15.4 Å². The van der Waals surface area contributed by atoms with Gasteiger partial charge in [0.25, 0.3) is 0 Å². The molecule has 0 bridgehead atoms. The fourth-order valence-corrected chi connectivity index (χ4v) is 13.3. The number of benzene rings is 1. The number of aryl methyl sites for hydroxylation is 2. The first-order valence-electron chi connectivity index (χ1n) is 8.85. The van der Waals surface area contributed by atoms with Crippen LogP contribution in [0, 0.1) is 13.8 Å². The van der Waals surface area contributed by atoms with Crippen molar-refractivity contribution in [2.75, 3.05) is 0 Å². The van der Waals surface area contributed by atoms with Crippen LogP contribution in [0.1, 0.15) is 52.7 Å². The van der Waals surface area contributed by atoms with Crippen molar-refractivity contribution in [2.45, 2.75) is 70.8 Å². The Morgan fingerprint density at radius 1 is 0.731 bits per heavy atom. The summed E-state index contributed by atoms with van der Waals surface area (Å²) in [6, 6.07) is 9.89. The van der Waals surface area contributed by atoms with E-state index in [-0.39, 0.29) is 40.6 Å². The third-order valence-corrected chi connectivity index (χ3v) is 15.9. The van der Waals surface area contributed by atoms with Gasteiger partial charge in [0.05, 0.1) is 0 Å². The molecular formula is C21H31Cl3SiTi. The van der Waals surface area contributed by atoms with Gasteiger partial charge in [-0.1, -0.05) is 0 Å². The molecule has 1 aliphatic rings. The Morgan fingerprint density at radius 3 is 1.38 bits per heavy atom. The molecular weight excluding hydrogens is 435 g/mol. The minimum absolute atomic E-state index is 0. The molecule has 0 aromatic heterocycles. The van der Waals surface area contributed by atoms with Gasteiger partial charge >= 0.3 is 156 Å². The van der Waals surface area contributed by atoms with E-state index in [9.17, 15) is 0 Å². The zero-order chi connectivity index (χ0) is 17.6. The summed E-state index contributed by atoms with van der Waals surface area (Å²) in [5.41, 5.74) is 9.15. The van der Waals surface area contributed by atoms with E-state index in [4.69, 9.17) is 0 Å². The summed E-state index contributed by atoms with van der Waals surface area (Å²) >= 11 is 2.55. The quantitative estimate of drug-likeness (QED) is 0.415. The van der Waals surface area contributed by atoms with Crippen LogP contribution in [-0.2, 0) is 20.4 Å². The summed E-state index contributed by atoms with van der Waals surface area (Å²) < 4.78 is 0.255. The molecule has 0 N–H and O–H groups in total. The van der Waals surface area contributed by atoms with E-state index >= 15 is 0 Å². The Kier molecular flexibility index (Phi) is 11.4. The predicted octanol–water partition coefficient (Wildman–Crippen LogP) is -3.06. The Morgan fingerprint density at radius 2 is 1.08 bits per heavy atom. The van der Waals surface area contributed by atoms with E-state index in [2.05, 4.69) is 94.0 Å². The molecule has 0 unspecified atom stereocenters. The second kappa shape index (κ2) is 10.3. The molecule has 0 aliphatic heterocycles. The van der Waals surface area contributed by atoms with Gasteiger partial charge in [0.15, 0.2) is 0 Å². The van der Waals surface area contributed by atoms with Crippen molar-refractivity contribution >= 4 is 13.3 Å². The number of halogens is 3. The first-order valence-corrected chi connectivity index (χ1v) is 12.0. The van der Waals surface area contributed by atoms with E-state index in [1.165, 1.54) is 34.4 Å². The van der Waals surface area contributed by atoms with E-state index in [1.54, 1.807) is 16.3 Å². The standard InChI is InChI=1S/C21H31Si.3ClH.Ti/c1-9-22(10-2,20-12-14(3)11-15(4)13-20)21-18(7)16(5)17(6)19(21)8;;;;/h11-13H,9-10H2,1-8H3;3*1H;/q;;;;+3/p-3. The summed E-state index contributed by atoms with van der Waals surface area (Å²) in [5.74, 6) is 0. The molecule has 0 saturated carbocycles. The van der Waals surface area contributed by atoms with Gasteiger partial charge in [-0.2, -0.15) is 0 Å². The maximum absolute atomic E-state index is 2.55. The molecule has 0 atom stereocenters. The molecule has 26 heavy (non-hydrogen) atoms. The smallest absolute Gasteiger partial charge is 1.00 e. The molecule has 0 heterocycles. The molecule has 5 heteroatoms. The average Bonchev–Trinajstić information content (AvgIpc) is 2.65. The fourth-order valence-electron chi connectivity index (χ4n) is 4.78.